The van der Waals surface area contributed by atoms with E-state index in [2.05, 4.69) is 25.5 Å². The van der Waals surface area contributed by atoms with E-state index in [4.69, 9.17) is 0 Å². The molecule has 0 bridgehead atoms. The van der Waals surface area contributed by atoms with E-state index in [9.17, 15) is 4.79 Å². The van der Waals surface area contributed by atoms with Crippen molar-refractivity contribution >= 4 is 33.4 Å². The van der Waals surface area contributed by atoms with Crippen molar-refractivity contribution in [2.24, 2.45) is 5.92 Å². The summed E-state index contributed by atoms with van der Waals surface area (Å²) in [7, 11) is 0. The van der Waals surface area contributed by atoms with Crippen LogP contribution >= 0.6 is 27.5 Å². The number of piperidine rings is 1. The fourth-order valence-electron chi connectivity index (χ4n) is 2.16. The highest BCUT2D eigenvalue weighted by molar-refractivity contribution is 9.09. The van der Waals surface area contributed by atoms with E-state index in [0.717, 1.165) is 41.8 Å². The molecule has 0 atom stereocenters. The molecule has 0 saturated carbocycles. The molecule has 1 aromatic heterocycles. The third kappa shape index (κ3) is 2.91. The van der Waals surface area contributed by atoms with Crippen molar-refractivity contribution in [1.29, 1.82) is 0 Å². The van der Waals surface area contributed by atoms with E-state index < -0.39 is 0 Å². The maximum Gasteiger partial charge on any atom is 0.267 e. The Morgan fingerprint density at radius 1 is 1.50 bits per heavy atom. The minimum Gasteiger partial charge on any atom is -0.338 e. The molecule has 2 heterocycles. The lowest BCUT2D eigenvalue weighted by Gasteiger charge is -2.31. The van der Waals surface area contributed by atoms with Gasteiger partial charge in [0.2, 0.25) is 0 Å². The molecule has 0 unspecified atom stereocenters. The Bertz CT molecular complexity index is 413. The van der Waals surface area contributed by atoms with Crippen LogP contribution in [0.2, 0.25) is 0 Å². The first-order chi connectivity index (χ1) is 8.63. The smallest absolute Gasteiger partial charge is 0.267 e. The molecule has 6 heteroatoms. The summed E-state index contributed by atoms with van der Waals surface area (Å²) in [5.74, 6) is 1.07. The van der Waals surface area contributed by atoms with Crippen LogP contribution < -0.4 is 0 Å². The summed E-state index contributed by atoms with van der Waals surface area (Å²) in [6, 6.07) is 0. The zero-order valence-electron chi connectivity index (χ0n) is 10.7. The number of hydrogen-bond acceptors (Lipinski definition) is 4. The number of carbonyl (C=O) groups excluding carboxylic acids is 1. The first-order valence-electron chi connectivity index (χ1n) is 6.31. The van der Waals surface area contributed by atoms with Crippen LogP contribution in [0.4, 0.5) is 0 Å². The number of amides is 1. The second kappa shape index (κ2) is 6.10. The summed E-state index contributed by atoms with van der Waals surface area (Å²) in [5, 5.41) is 5.11. The van der Waals surface area contributed by atoms with E-state index in [1.807, 2.05) is 18.7 Å². The van der Waals surface area contributed by atoms with Gasteiger partial charge in [0.15, 0.2) is 0 Å². The molecule has 1 saturated heterocycles. The molecule has 2 rings (SSSR count). The predicted molar refractivity (Wildman–Crippen MR) is 76.4 cm³/mol. The molecule has 100 valence electrons. The lowest BCUT2D eigenvalue weighted by atomic mass is 9.99. The number of nitrogens with zero attached hydrogens (tertiary/aromatic N) is 3. The number of alkyl halides is 1. The molecule has 1 fully saturated rings. The molecule has 1 aliphatic rings. The van der Waals surface area contributed by atoms with E-state index in [-0.39, 0.29) is 11.8 Å². The molecule has 18 heavy (non-hydrogen) atoms. The quantitative estimate of drug-likeness (QED) is 0.800. The van der Waals surface area contributed by atoms with Gasteiger partial charge in [-0.25, -0.2) is 0 Å². The normalized spacial score (nSPS) is 17.4. The van der Waals surface area contributed by atoms with Crippen molar-refractivity contribution in [3.05, 3.63) is 10.6 Å². The third-order valence-corrected chi connectivity index (χ3v) is 5.02. The Morgan fingerprint density at radius 3 is 2.72 bits per heavy atom. The molecule has 0 radical (unpaired) electrons. The van der Waals surface area contributed by atoms with Gasteiger partial charge in [0.05, 0.1) is 5.69 Å². The average molecular weight is 332 g/mol. The van der Waals surface area contributed by atoms with Crippen molar-refractivity contribution in [1.82, 2.24) is 14.5 Å². The van der Waals surface area contributed by atoms with Crippen LogP contribution in [0.5, 0.6) is 0 Å². The third-order valence-electron chi connectivity index (χ3n) is 3.37. The molecular weight excluding hydrogens is 314 g/mol. The minimum atomic E-state index is 0.113. The van der Waals surface area contributed by atoms with Crippen molar-refractivity contribution in [2.45, 2.75) is 32.6 Å². The number of aromatic nitrogens is 2. The maximum absolute atomic E-state index is 12.4. The largest absolute Gasteiger partial charge is 0.338 e. The molecular formula is C12H18BrN3OS. The molecule has 1 aliphatic heterocycles. The van der Waals surface area contributed by atoms with E-state index in [0.29, 0.717) is 5.92 Å². The Hall–Kier alpha value is -0.490. The Kier molecular flexibility index (Phi) is 4.72. The molecule has 0 spiro atoms. The van der Waals surface area contributed by atoms with E-state index in [1.165, 1.54) is 11.5 Å². The van der Waals surface area contributed by atoms with Crippen molar-refractivity contribution in [2.75, 3.05) is 18.4 Å². The number of halogens is 1. The van der Waals surface area contributed by atoms with Crippen LogP contribution in [-0.4, -0.2) is 38.8 Å². The van der Waals surface area contributed by atoms with Crippen LogP contribution in [0.3, 0.4) is 0 Å². The van der Waals surface area contributed by atoms with Gasteiger partial charge in [-0.05, 0) is 36.2 Å². The van der Waals surface area contributed by atoms with Crippen LogP contribution in [0.1, 0.15) is 48.0 Å². The highest BCUT2D eigenvalue weighted by Crippen LogP contribution is 2.25. The van der Waals surface area contributed by atoms with Crippen LogP contribution in [-0.2, 0) is 0 Å². The van der Waals surface area contributed by atoms with Gasteiger partial charge in [0, 0.05) is 18.4 Å². The highest BCUT2D eigenvalue weighted by Gasteiger charge is 2.27. The van der Waals surface area contributed by atoms with Gasteiger partial charge >= 0.3 is 0 Å². The Morgan fingerprint density at radius 2 is 2.17 bits per heavy atom. The fraction of sp³-hybridized carbons (Fsp3) is 0.750. The first kappa shape index (κ1) is 13.9. The van der Waals surface area contributed by atoms with Crippen molar-refractivity contribution in [3.8, 4) is 0 Å². The van der Waals surface area contributed by atoms with Gasteiger partial charge in [-0.3, -0.25) is 4.79 Å². The van der Waals surface area contributed by atoms with Gasteiger partial charge in [0.1, 0.15) is 4.88 Å². The van der Waals surface area contributed by atoms with Crippen LogP contribution in [0.15, 0.2) is 0 Å². The summed E-state index contributed by atoms with van der Waals surface area (Å²) < 4.78 is 3.93. The molecule has 0 N–H and O–H groups in total. The number of likely N-dealkylation sites (tertiary alicyclic amines) is 1. The molecule has 0 aromatic carbocycles. The zero-order valence-corrected chi connectivity index (χ0v) is 13.1. The van der Waals surface area contributed by atoms with Crippen LogP contribution in [0.25, 0.3) is 0 Å². The predicted octanol–water partition coefficient (Wildman–Crippen LogP) is 2.91. The van der Waals surface area contributed by atoms with Gasteiger partial charge < -0.3 is 4.90 Å². The second-order valence-electron chi connectivity index (χ2n) is 5.03. The van der Waals surface area contributed by atoms with Crippen LogP contribution in [0, 0.1) is 5.92 Å². The molecule has 4 nitrogen and oxygen atoms in total. The number of rotatable bonds is 3. The number of carbonyl (C=O) groups is 1. The summed E-state index contributed by atoms with van der Waals surface area (Å²) in [5.41, 5.74) is 0.840. The summed E-state index contributed by atoms with van der Waals surface area (Å²) in [6.45, 7) is 5.80. The first-order valence-corrected chi connectivity index (χ1v) is 8.20. The van der Waals surface area contributed by atoms with Gasteiger partial charge in [-0.2, -0.15) is 0 Å². The summed E-state index contributed by atoms with van der Waals surface area (Å²) >= 11 is 4.74. The fourth-order valence-corrected chi connectivity index (χ4v) is 3.59. The van der Waals surface area contributed by atoms with Gasteiger partial charge in [-0.15, -0.1) is 5.10 Å². The monoisotopic (exact) mass is 331 g/mol. The van der Waals surface area contributed by atoms with E-state index in [1.54, 1.807) is 0 Å². The Labute approximate surface area is 120 Å². The second-order valence-corrected chi connectivity index (χ2v) is 6.43. The molecule has 1 amide bonds. The maximum atomic E-state index is 12.4. The zero-order chi connectivity index (χ0) is 13.1. The molecule has 0 aliphatic carbocycles. The van der Waals surface area contributed by atoms with E-state index >= 15 is 0 Å². The Balaban J connectivity index is 2.06. The van der Waals surface area contributed by atoms with Gasteiger partial charge in [0.25, 0.3) is 5.91 Å². The SMILES string of the molecule is CC(C)c1nnsc1C(=O)N1CCC(CBr)CC1. The topological polar surface area (TPSA) is 46.1 Å². The number of hydrogen-bond donors (Lipinski definition) is 0. The van der Waals surface area contributed by atoms with Crippen molar-refractivity contribution in [3.63, 3.8) is 0 Å². The average Bonchev–Trinajstić information content (AvgIpc) is 2.87. The van der Waals surface area contributed by atoms with Gasteiger partial charge in [-0.1, -0.05) is 34.3 Å². The lowest BCUT2D eigenvalue weighted by molar-refractivity contribution is 0.0702. The lowest BCUT2D eigenvalue weighted by Crippen LogP contribution is -2.38. The summed E-state index contributed by atoms with van der Waals surface area (Å²) in [6.07, 6.45) is 2.17. The minimum absolute atomic E-state index is 0.113. The molecule has 1 aromatic rings. The summed E-state index contributed by atoms with van der Waals surface area (Å²) in [4.78, 5) is 15.1. The van der Waals surface area contributed by atoms with Crippen molar-refractivity contribution < 1.29 is 4.79 Å². The highest BCUT2D eigenvalue weighted by atomic mass is 79.9. The standard InChI is InChI=1S/C12H18BrN3OS/c1-8(2)10-11(18-15-14-10)12(17)16-5-3-9(7-13)4-6-16/h8-9H,3-7H2,1-2H3.